The maximum Gasteiger partial charge on any atom is 0.255 e. The number of unbranched alkanes of at least 4 members (excludes halogenated alkanes) is 1. The van der Waals surface area contributed by atoms with E-state index in [1.165, 1.54) is 0 Å². The molecule has 20 heavy (non-hydrogen) atoms. The molecule has 2 N–H and O–H groups in total. The van der Waals surface area contributed by atoms with Crippen LogP contribution in [0.1, 0.15) is 63.2 Å². The summed E-state index contributed by atoms with van der Waals surface area (Å²) in [5.41, 5.74) is 1.48. The van der Waals surface area contributed by atoms with Crippen molar-refractivity contribution in [3.63, 3.8) is 0 Å². The topological polar surface area (TPSA) is 54.0 Å². The molecule has 0 saturated carbocycles. The summed E-state index contributed by atoms with van der Waals surface area (Å²) < 4.78 is 0. The van der Waals surface area contributed by atoms with Gasteiger partial charge in [-0.05, 0) is 25.8 Å². The average molecular weight is 277 g/mol. The summed E-state index contributed by atoms with van der Waals surface area (Å²) in [6.07, 6.45) is 8.81. The number of hydrogen-bond acceptors (Lipinski definition) is 3. The maximum absolute atomic E-state index is 12.4. The van der Waals surface area contributed by atoms with Crippen molar-refractivity contribution >= 4 is 11.6 Å². The van der Waals surface area contributed by atoms with Crippen molar-refractivity contribution in [2.45, 2.75) is 58.9 Å². The zero-order chi connectivity index (χ0) is 14.8. The van der Waals surface area contributed by atoms with E-state index in [2.05, 4.69) is 29.5 Å². The minimum Gasteiger partial charge on any atom is -0.385 e. The van der Waals surface area contributed by atoms with Crippen molar-refractivity contribution in [1.29, 1.82) is 0 Å². The lowest BCUT2D eigenvalue weighted by Gasteiger charge is -2.19. The normalized spacial score (nSPS) is 11.9. The van der Waals surface area contributed by atoms with Crippen molar-refractivity contribution in [3.05, 3.63) is 24.0 Å². The van der Waals surface area contributed by atoms with Gasteiger partial charge in [-0.3, -0.25) is 9.78 Å². The molecule has 0 fully saturated rings. The lowest BCUT2D eigenvalue weighted by Crippen LogP contribution is -2.35. The van der Waals surface area contributed by atoms with Crippen LogP contribution in [-0.2, 0) is 0 Å². The first-order valence-corrected chi connectivity index (χ1v) is 7.71. The molecule has 0 radical (unpaired) electrons. The van der Waals surface area contributed by atoms with E-state index in [1.54, 1.807) is 12.4 Å². The van der Waals surface area contributed by atoms with Gasteiger partial charge in [-0.1, -0.05) is 33.1 Å². The van der Waals surface area contributed by atoms with E-state index < -0.39 is 0 Å². The molecule has 1 aromatic rings. The Balaban J connectivity index is 2.72. The van der Waals surface area contributed by atoms with Crippen LogP contribution in [0.25, 0.3) is 0 Å². The van der Waals surface area contributed by atoms with E-state index in [9.17, 15) is 4.79 Å². The Bertz CT molecular complexity index is 406. The summed E-state index contributed by atoms with van der Waals surface area (Å²) in [4.78, 5) is 16.5. The van der Waals surface area contributed by atoms with Crippen LogP contribution in [-0.4, -0.2) is 23.5 Å². The number of nitrogens with one attached hydrogen (secondary N) is 2. The third kappa shape index (κ3) is 5.19. The monoisotopic (exact) mass is 277 g/mol. The van der Waals surface area contributed by atoms with Crippen LogP contribution in [0.2, 0.25) is 0 Å². The summed E-state index contributed by atoms with van der Waals surface area (Å²) in [6, 6.07) is 2.11. The maximum atomic E-state index is 12.4. The lowest BCUT2D eigenvalue weighted by atomic mass is 10.0. The predicted molar refractivity (Wildman–Crippen MR) is 84.1 cm³/mol. The largest absolute Gasteiger partial charge is 0.385 e. The van der Waals surface area contributed by atoms with E-state index in [1.807, 2.05) is 13.0 Å². The smallest absolute Gasteiger partial charge is 0.255 e. The van der Waals surface area contributed by atoms with Crippen molar-refractivity contribution in [1.82, 2.24) is 10.3 Å². The third-order valence-corrected chi connectivity index (χ3v) is 3.31. The number of aromatic nitrogens is 1. The van der Waals surface area contributed by atoms with Crippen molar-refractivity contribution in [2.24, 2.45) is 0 Å². The first kappa shape index (κ1) is 16.5. The zero-order valence-electron chi connectivity index (χ0n) is 12.9. The Labute approximate surface area is 122 Å². The second-order valence-corrected chi connectivity index (χ2v) is 5.05. The van der Waals surface area contributed by atoms with Crippen molar-refractivity contribution in [2.75, 3.05) is 11.9 Å². The van der Waals surface area contributed by atoms with Crippen LogP contribution in [0.3, 0.4) is 0 Å². The summed E-state index contributed by atoms with van der Waals surface area (Å²) in [5.74, 6) is -0.0244. The van der Waals surface area contributed by atoms with Gasteiger partial charge in [0.25, 0.3) is 5.91 Å². The van der Waals surface area contributed by atoms with Gasteiger partial charge in [-0.15, -0.1) is 0 Å². The molecular formula is C16H27N3O. The second kappa shape index (κ2) is 9.34. The minimum absolute atomic E-state index is 0.0244. The fourth-order valence-electron chi connectivity index (χ4n) is 2.27. The van der Waals surface area contributed by atoms with E-state index in [-0.39, 0.29) is 11.9 Å². The highest BCUT2D eigenvalue weighted by atomic mass is 16.1. The second-order valence-electron chi connectivity index (χ2n) is 5.05. The molecule has 1 rings (SSSR count). The summed E-state index contributed by atoms with van der Waals surface area (Å²) in [7, 11) is 0. The summed E-state index contributed by atoms with van der Waals surface area (Å²) in [6.45, 7) is 7.14. The molecule has 1 amide bonds. The number of hydrogen-bond donors (Lipinski definition) is 2. The molecule has 1 heterocycles. The minimum atomic E-state index is -0.0244. The third-order valence-electron chi connectivity index (χ3n) is 3.31. The molecule has 0 aromatic carbocycles. The molecule has 1 aromatic heterocycles. The molecule has 0 bridgehead atoms. The molecule has 4 heteroatoms. The van der Waals surface area contributed by atoms with Gasteiger partial charge in [-0.25, -0.2) is 0 Å². The van der Waals surface area contributed by atoms with Gasteiger partial charge in [-0.2, -0.15) is 0 Å². The van der Waals surface area contributed by atoms with E-state index in [4.69, 9.17) is 0 Å². The van der Waals surface area contributed by atoms with Crippen LogP contribution in [0.5, 0.6) is 0 Å². The van der Waals surface area contributed by atoms with Crippen LogP contribution in [0, 0.1) is 0 Å². The van der Waals surface area contributed by atoms with Gasteiger partial charge in [0.2, 0.25) is 0 Å². The highest BCUT2D eigenvalue weighted by Gasteiger charge is 2.15. The molecule has 1 unspecified atom stereocenters. The molecular weight excluding hydrogens is 250 g/mol. The fourth-order valence-corrected chi connectivity index (χ4v) is 2.27. The molecule has 0 aliphatic rings. The lowest BCUT2D eigenvalue weighted by molar-refractivity contribution is 0.0932. The number of carbonyl (C=O) groups is 1. The predicted octanol–water partition coefficient (Wildman–Crippen LogP) is 3.60. The summed E-state index contributed by atoms with van der Waals surface area (Å²) in [5, 5.41) is 6.35. The number of nitrogens with zero attached hydrogens (tertiary/aromatic N) is 1. The van der Waals surface area contributed by atoms with Crippen LogP contribution in [0.15, 0.2) is 18.5 Å². The molecule has 0 aliphatic carbocycles. The molecule has 4 nitrogen and oxygen atoms in total. The van der Waals surface area contributed by atoms with Gasteiger partial charge in [0.15, 0.2) is 0 Å². The van der Waals surface area contributed by atoms with Crippen LogP contribution in [0.4, 0.5) is 5.69 Å². The first-order chi connectivity index (χ1) is 9.72. The van der Waals surface area contributed by atoms with Crippen LogP contribution < -0.4 is 10.6 Å². The Morgan fingerprint density at radius 3 is 2.70 bits per heavy atom. The van der Waals surface area contributed by atoms with Gasteiger partial charge < -0.3 is 10.6 Å². The quantitative estimate of drug-likeness (QED) is 0.725. The number of anilines is 1. The number of amides is 1. The molecule has 0 saturated heterocycles. The van der Waals surface area contributed by atoms with Crippen LogP contribution >= 0.6 is 0 Å². The van der Waals surface area contributed by atoms with Gasteiger partial charge in [0.05, 0.1) is 11.3 Å². The van der Waals surface area contributed by atoms with E-state index in [0.717, 1.165) is 44.3 Å². The van der Waals surface area contributed by atoms with Gasteiger partial charge in [0.1, 0.15) is 0 Å². The van der Waals surface area contributed by atoms with Crippen molar-refractivity contribution in [3.8, 4) is 0 Å². The Hall–Kier alpha value is -1.58. The number of pyridine rings is 1. The standard InChI is InChI=1S/C16H27N3O/c1-4-7-9-13(8-5-2)19-16(20)14-12-17-11-10-15(14)18-6-3/h10-13H,4-9H2,1-3H3,(H,17,18)(H,19,20). The summed E-state index contributed by atoms with van der Waals surface area (Å²) >= 11 is 0. The Kier molecular flexibility index (Phi) is 7.70. The highest BCUT2D eigenvalue weighted by Crippen LogP contribution is 2.15. The number of carbonyl (C=O) groups excluding carboxylic acids is 1. The molecule has 1 atom stereocenters. The Morgan fingerprint density at radius 1 is 1.25 bits per heavy atom. The zero-order valence-corrected chi connectivity index (χ0v) is 12.9. The molecule has 0 aliphatic heterocycles. The van der Waals surface area contributed by atoms with Crippen molar-refractivity contribution < 1.29 is 4.79 Å². The highest BCUT2D eigenvalue weighted by molar-refractivity contribution is 5.99. The molecule has 112 valence electrons. The van der Waals surface area contributed by atoms with E-state index in [0.29, 0.717) is 5.56 Å². The Morgan fingerprint density at radius 2 is 2.05 bits per heavy atom. The first-order valence-electron chi connectivity index (χ1n) is 7.71. The van der Waals surface area contributed by atoms with Gasteiger partial charge >= 0.3 is 0 Å². The number of rotatable bonds is 9. The fraction of sp³-hybridized carbons (Fsp3) is 0.625. The SMILES string of the molecule is CCCCC(CCC)NC(=O)c1cnccc1NCC. The van der Waals surface area contributed by atoms with E-state index >= 15 is 0 Å². The van der Waals surface area contributed by atoms with Gasteiger partial charge in [0, 0.05) is 25.0 Å². The molecule has 0 spiro atoms. The average Bonchev–Trinajstić information content (AvgIpc) is 2.46.